The normalized spacial score (nSPS) is 19.2. The molecule has 0 unspecified atom stereocenters. The fourth-order valence-electron chi connectivity index (χ4n) is 2.46. The van der Waals surface area contributed by atoms with Crippen molar-refractivity contribution in [2.24, 2.45) is 5.73 Å². The Morgan fingerprint density at radius 2 is 2.00 bits per heavy atom. The van der Waals surface area contributed by atoms with Gasteiger partial charge < -0.3 is 10.5 Å². The summed E-state index contributed by atoms with van der Waals surface area (Å²) in [5.74, 6) is 0. The molecular weight excluding hydrogens is 222 g/mol. The SMILES string of the molecule is CC(C)(N)CC1(c2ccccc2Cl)COC1. The smallest absolute Gasteiger partial charge is 0.0586 e. The van der Waals surface area contributed by atoms with Gasteiger partial charge in [-0.05, 0) is 31.9 Å². The molecule has 2 N–H and O–H groups in total. The van der Waals surface area contributed by atoms with Gasteiger partial charge in [-0.15, -0.1) is 0 Å². The summed E-state index contributed by atoms with van der Waals surface area (Å²) in [7, 11) is 0. The molecule has 0 radical (unpaired) electrons. The summed E-state index contributed by atoms with van der Waals surface area (Å²) < 4.78 is 5.38. The Labute approximate surface area is 102 Å². The van der Waals surface area contributed by atoms with Gasteiger partial charge in [-0.1, -0.05) is 29.8 Å². The van der Waals surface area contributed by atoms with E-state index in [9.17, 15) is 0 Å². The van der Waals surface area contributed by atoms with Crippen molar-refractivity contribution in [3.8, 4) is 0 Å². The molecule has 0 spiro atoms. The molecule has 1 aromatic carbocycles. The number of hydrogen-bond acceptors (Lipinski definition) is 2. The van der Waals surface area contributed by atoms with Gasteiger partial charge in [-0.2, -0.15) is 0 Å². The number of benzene rings is 1. The average Bonchev–Trinajstić information content (AvgIpc) is 2.11. The molecule has 0 saturated carbocycles. The van der Waals surface area contributed by atoms with E-state index in [0.717, 1.165) is 24.7 Å². The number of rotatable bonds is 3. The van der Waals surface area contributed by atoms with E-state index in [1.807, 2.05) is 32.0 Å². The maximum Gasteiger partial charge on any atom is 0.0586 e. The summed E-state index contributed by atoms with van der Waals surface area (Å²) in [6, 6.07) is 7.98. The van der Waals surface area contributed by atoms with Gasteiger partial charge in [-0.25, -0.2) is 0 Å². The zero-order valence-corrected chi connectivity index (χ0v) is 10.6. The molecule has 2 nitrogen and oxygen atoms in total. The van der Waals surface area contributed by atoms with Crippen LogP contribution < -0.4 is 5.73 Å². The van der Waals surface area contributed by atoms with Gasteiger partial charge in [0.05, 0.1) is 13.2 Å². The van der Waals surface area contributed by atoms with E-state index in [2.05, 4.69) is 6.07 Å². The molecule has 3 heteroatoms. The van der Waals surface area contributed by atoms with Crippen molar-refractivity contribution >= 4 is 11.6 Å². The van der Waals surface area contributed by atoms with E-state index in [-0.39, 0.29) is 11.0 Å². The zero-order chi connectivity index (χ0) is 11.8. The van der Waals surface area contributed by atoms with Crippen LogP contribution in [0, 0.1) is 0 Å². The summed E-state index contributed by atoms with van der Waals surface area (Å²) in [4.78, 5) is 0. The van der Waals surface area contributed by atoms with E-state index in [0.29, 0.717) is 0 Å². The summed E-state index contributed by atoms with van der Waals surface area (Å²) in [5, 5.41) is 0.815. The van der Waals surface area contributed by atoms with Crippen molar-refractivity contribution in [3.05, 3.63) is 34.9 Å². The molecular formula is C13H18ClNO. The van der Waals surface area contributed by atoms with Gasteiger partial charge >= 0.3 is 0 Å². The van der Waals surface area contributed by atoms with Crippen molar-refractivity contribution < 1.29 is 4.74 Å². The second-order valence-electron chi connectivity index (χ2n) is 5.42. The second-order valence-corrected chi connectivity index (χ2v) is 5.83. The lowest BCUT2D eigenvalue weighted by atomic mass is 9.71. The van der Waals surface area contributed by atoms with Crippen LogP contribution in [0.15, 0.2) is 24.3 Å². The van der Waals surface area contributed by atoms with Crippen molar-refractivity contribution in [1.29, 1.82) is 0 Å². The molecule has 2 rings (SSSR count). The number of halogens is 1. The van der Waals surface area contributed by atoms with Crippen LogP contribution in [0.25, 0.3) is 0 Å². The molecule has 0 amide bonds. The largest absolute Gasteiger partial charge is 0.379 e. The highest BCUT2D eigenvalue weighted by atomic mass is 35.5. The van der Waals surface area contributed by atoms with E-state index in [4.69, 9.17) is 22.1 Å². The summed E-state index contributed by atoms with van der Waals surface area (Å²) in [5.41, 5.74) is 7.09. The van der Waals surface area contributed by atoms with Crippen molar-refractivity contribution in [2.45, 2.75) is 31.2 Å². The molecule has 1 aliphatic heterocycles. The van der Waals surface area contributed by atoms with Crippen LogP contribution in [-0.4, -0.2) is 18.8 Å². The van der Waals surface area contributed by atoms with E-state index < -0.39 is 0 Å². The van der Waals surface area contributed by atoms with Gasteiger partial charge in [0.2, 0.25) is 0 Å². The van der Waals surface area contributed by atoms with Crippen LogP contribution in [0.3, 0.4) is 0 Å². The minimum atomic E-state index is -0.205. The maximum absolute atomic E-state index is 6.25. The first kappa shape index (κ1) is 11.9. The number of nitrogens with two attached hydrogens (primary N) is 1. The van der Waals surface area contributed by atoms with Crippen LogP contribution in [0.4, 0.5) is 0 Å². The summed E-state index contributed by atoms with van der Waals surface area (Å²) >= 11 is 6.25. The molecule has 1 aliphatic rings. The Hall–Kier alpha value is -0.570. The Balaban J connectivity index is 2.32. The molecule has 1 aromatic rings. The predicted molar refractivity (Wildman–Crippen MR) is 66.8 cm³/mol. The fraction of sp³-hybridized carbons (Fsp3) is 0.538. The predicted octanol–water partition coefficient (Wildman–Crippen LogP) is 2.74. The third-order valence-corrected chi connectivity index (χ3v) is 3.33. The molecule has 0 aliphatic carbocycles. The first-order valence-electron chi connectivity index (χ1n) is 5.55. The molecule has 16 heavy (non-hydrogen) atoms. The minimum Gasteiger partial charge on any atom is -0.379 e. The standard InChI is InChI=1S/C13H18ClNO/c1-12(2,15)7-13(8-16-9-13)10-5-3-4-6-11(10)14/h3-6H,7-9,15H2,1-2H3. The molecule has 1 heterocycles. The average molecular weight is 240 g/mol. The lowest BCUT2D eigenvalue weighted by Crippen LogP contribution is -2.53. The summed E-state index contributed by atoms with van der Waals surface area (Å²) in [6.45, 7) is 5.53. The van der Waals surface area contributed by atoms with Gasteiger partial charge in [0, 0.05) is 16.0 Å². The minimum absolute atomic E-state index is 0.0105. The monoisotopic (exact) mass is 239 g/mol. The lowest BCUT2D eigenvalue weighted by Gasteiger charge is -2.45. The van der Waals surface area contributed by atoms with Crippen LogP contribution in [0.1, 0.15) is 25.8 Å². The third-order valence-electron chi connectivity index (χ3n) is 3.00. The van der Waals surface area contributed by atoms with E-state index in [1.54, 1.807) is 0 Å². The van der Waals surface area contributed by atoms with Gasteiger partial charge in [0.15, 0.2) is 0 Å². The topological polar surface area (TPSA) is 35.2 Å². The highest BCUT2D eigenvalue weighted by Crippen LogP contribution is 2.41. The van der Waals surface area contributed by atoms with Crippen LogP contribution in [0.5, 0.6) is 0 Å². The molecule has 0 aromatic heterocycles. The quantitative estimate of drug-likeness (QED) is 0.881. The van der Waals surface area contributed by atoms with Crippen molar-refractivity contribution in [2.75, 3.05) is 13.2 Å². The molecule has 88 valence electrons. The number of ether oxygens (including phenoxy) is 1. The van der Waals surface area contributed by atoms with Crippen LogP contribution >= 0.6 is 11.6 Å². The number of hydrogen-bond donors (Lipinski definition) is 1. The fourth-order valence-corrected chi connectivity index (χ4v) is 2.80. The van der Waals surface area contributed by atoms with E-state index in [1.165, 1.54) is 5.56 Å². The van der Waals surface area contributed by atoms with Crippen molar-refractivity contribution in [3.63, 3.8) is 0 Å². The molecule has 0 atom stereocenters. The highest BCUT2D eigenvalue weighted by molar-refractivity contribution is 6.31. The Bertz CT molecular complexity index is 380. The highest BCUT2D eigenvalue weighted by Gasteiger charge is 2.44. The second kappa shape index (κ2) is 4.02. The van der Waals surface area contributed by atoms with Gasteiger partial charge in [0.1, 0.15) is 0 Å². The molecule has 1 fully saturated rings. The lowest BCUT2D eigenvalue weighted by molar-refractivity contribution is -0.0718. The third kappa shape index (κ3) is 2.24. The van der Waals surface area contributed by atoms with Gasteiger partial charge in [0.25, 0.3) is 0 Å². The summed E-state index contributed by atoms with van der Waals surface area (Å²) in [6.07, 6.45) is 0.893. The van der Waals surface area contributed by atoms with E-state index >= 15 is 0 Å². The maximum atomic E-state index is 6.25. The Kier molecular flexibility index (Phi) is 2.99. The first-order valence-corrected chi connectivity index (χ1v) is 5.92. The first-order chi connectivity index (χ1) is 7.43. The van der Waals surface area contributed by atoms with Crippen LogP contribution in [-0.2, 0) is 10.2 Å². The van der Waals surface area contributed by atoms with Crippen LogP contribution in [0.2, 0.25) is 5.02 Å². The van der Waals surface area contributed by atoms with Crippen molar-refractivity contribution in [1.82, 2.24) is 0 Å². The zero-order valence-electron chi connectivity index (χ0n) is 9.79. The van der Waals surface area contributed by atoms with Gasteiger partial charge in [-0.3, -0.25) is 0 Å². The molecule has 0 bridgehead atoms. The molecule has 1 saturated heterocycles. The Morgan fingerprint density at radius 3 is 2.44 bits per heavy atom. The Morgan fingerprint density at radius 1 is 1.38 bits per heavy atom.